The van der Waals surface area contributed by atoms with Gasteiger partial charge in [-0.3, -0.25) is 19.4 Å². The van der Waals surface area contributed by atoms with Crippen molar-refractivity contribution in [2.45, 2.75) is 19.0 Å². The Kier molecular flexibility index (Phi) is 7.01. The average Bonchev–Trinajstić information content (AvgIpc) is 2.68. The standard InChI is InChI=1S/C20H18BrN5O3S/c1-11-6-7-16(22-12(2)27)15(8-11)18-19(29)24-20(26-25-18)30-10-17(28)23-14-5-3-4-13(21)9-14/h3-9H,10H2,1-2H3,(H,22,27)(H,23,28)(H,24,26,29). The molecule has 0 spiro atoms. The molecule has 2 amide bonds. The zero-order chi connectivity index (χ0) is 21.7. The zero-order valence-electron chi connectivity index (χ0n) is 16.2. The minimum atomic E-state index is -0.461. The molecule has 0 aliphatic heterocycles. The summed E-state index contributed by atoms with van der Waals surface area (Å²) in [4.78, 5) is 38.8. The molecule has 0 aliphatic carbocycles. The van der Waals surface area contributed by atoms with Crippen LogP contribution in [0.5, 0.6) is 0 Å². The number of carbonyl (C=O) groups excluding carboxylic acids is 2. The number of anilines is 2. The van der Waals surface area contributed by atoms with Crippen molar-refractivity contribution in [2.75, 3.05) is 16.4 Å². The summed E-state index contributed by atoms with van der Waals surface area (Å²) in [6, 6.07) is 12.5. The Labute approximate surface area is 185 Å². The summed E-state index contributed by atoms with van der Waals surface area (Å²) in [6.45, 7) is 3.26. The predicted molar refractivity (Wildman–Crippen MR) is 121 cm³/mol. The number of hydrogen-bond donors (Lipinski definition) is 3. The van der Waals surface area contributed by atoms with Gasteiger partial charge in [-0.15, -0.1) is 10.2 Å². The van der Waals surface area contributed by atoms with Crippen molar-refractivity contribution in [3.05, 3.63) is 62.9 Å². The highest BCUT2D eigenvalue weighted by Gasteiger charge is 2.14. The Morgan fingerprint density at radius 3 is 2.63 bits per heavy atom. The van der Waals surface area contributed by atoms with E-state index in [0.29, 0.717) is 16.9 Å². The molecular weight excluding hydrogens is 470 g/mol. The van der Waals surface area contributed by atoms with Crippen LogP contribution in [0.25, 0.3) is 11.3 Å². The van der Waals surface area contributed by atoms with E-state index >= 15 is 0 Å². The van der Waals surface area contributed by atoms with Crippen LogP contribution in [0.3, 0.4) is 0 Å². The van der Waals surface area contributed by atoms with E-state index in [1.165, 1.54) is 6.92 Å². The number of aryl methyl sites for hydroxylation is 1. The molecule has 3 N–H and O–H groups in total. The van der Waals surface area contributed by atoms with E-state index in [-0.39, 0.29) is 28.4 Å². The lowest BCUT2D eigenvalue weighted by Crippen LogP contribution is -2.18. The highest BCUT2D eigenvalue weighted by Crippen LogP contribution is 2.25. The number of halogens is 1. The Morgan fingerprint density at radius 2 is 1.93 bits per heavy atom. The summed E-state index contributed by atoms with van der Waals surface area (Å²) in [7, 11) is 0. The zero-order valence-corrected chi connectivity index (χ0v) is 18.6. The lowest BCUT2D eigenvalue weighted by molar-refractivity contribution is -0.114. The van der Waals surface area contributed by atoms with Gasteiger partial charge in [-0.25, -0.2) is 0 Å². The van der Waals surface area contributed by atoms with Crippen LogP contribution in [0, 0.1) is 6.92 Å². The number of amides is 2. The molecule has 30 heavy (non-hydrogen) atoms. The average molecular weight is 488 g/mol. The molecular formula is C20H18BrN5O3S. The Hall–Kier alpha value is -2.98. The van der Waals surface area contributed by atoms with Crippen molar-refractivity contribution in [3.63, 3.8) is 0 Å². The summed E-state index contributed by atoms with van der Waals surface area (Å²) < 4.78 is 0.855. The van der Waals surface area contributed by atoms with Gasteiger partial charge in [0.05, 0.1) is 11.4 Å². The van der Waals surface area contributed by atoms with Gasteiger partial charge >= 0.3 is 0 Å². The third-order valence-corrected chi connectivity index (χ3v) is 5.22. The molecule has 1 heterocycles. The largest absolute Gasteiger partial charge is 0.326 e. The minimum absolute atomic E-state index is 0.0536. The van der Waals surface area contributed by atoms with Gasteiger partial charge in [-0.1, -0.05) is 45.4 Å². The number of carbonyl (C=O) groups is 2. The highest BCUT2D eigenvalue weighted by molar-refractivity contribution is 9.10. The molecule has 0 saturated heterocycles. The summed E-state index contributed by atoms with van der Waals surface area (Å²) in [5.41, 5.74) is 2.14. The first-order valence-electron chi connectivity index (χ1n) is 8.85. The second-order valence-electron chi connectivity index (χ2n) is 6.39. The number of aromatic nitrogens is 3. The Morgan fingerprint density at radius 1 is 1.13 bits per heavy atom. The molecule has 0 fully saturated rings. The second kappa shape index (κ2) is 9.68. The maximum atomic E-state index is 12.6. The summed E-state index contributed by atoms with van der Waals surface area (Å²) >= 11 is 4.41. The summed E-state index contributed by atoms with van der Waals surface area (Å²) in [5.74, 6) is -0.442. The third kappa shape index (κ3) is 5.77. The fraction of sp³-hybridized carbons (Fsp3) is 0.150. The number of nitrogens with zero attached hydrogens (tertiary/aromatic N) is 2. The first-order chi connectivity index (χ1) is 14.3. The van der Waals surface area contributed by atoms with Gasteiger partial charge in [-0.2, -0.15) is 0 Å². The van der Waals surface area contributed by atoms with Crippen molar-refractivity contribution < 1.29 is 9.59 Å². The summed E-state index contributed by atoms with van der Waals surface area (Å²) in [6.07, 6.45) is 0. The Balaban J connectivity index is 1.73. The van der Waals surface area contributed by atoms with Crippen molar-refractivity contribution in [1.82, 2.24) is 15.2 Å². The molecule has 3 aromatic rings. The van der Waals surface area contributed by atoms with Gasteiger partial charge in [0, 0.05) is 22.6 Å². The first-order valence-corrected chi connectivity index (χ1v) is 10.6. The van der Waals surface area contributed by atoms with Crippen LogP contribution in [-0.4, -0.2) is 32.7 Å². The molecule has 154 valence electrons. The van der Waals surface area contributed by atoms with Gasteiger partial charge in [-0.05, 0) is 37.3 Å². The van der Waals surface area contributed by atoms with Crippen LogP contribution < -0.4 is 16.2 Å². The van der Waals surface area contributed by atoms with E-state index in [1.807, 2.05) is 25.1 Å². The topological polar surface area (TPSA) is 117 Å². The van der Waals surface area contributed by atoms with Crippen LogP contribution in [0.2, 0.25) is 0 Å². The number of H-pyrrole nitrogens is 1. The molecule has 2 aromatic carbocycles. The normalized spacial score (nSPS) is 10.5. The number of nitrogens with one attached hydrogen (secondary N) is 3. The van der Waals surface area contributed by atoms with Gasteiger partial charge in [0.1, 0.15) is 0 Å². The van der Waals surface area contributed by atoms with Crippen LogP contribution in [-0.2, 0) is 9.59 Å². The first kappa shape index (κ1) is 21.7. The van der Waals surface area contributed by atoms with Gasteiger partial charge in [0.25, 0.3) is 5.56 Å². The molecule has 0 aliphatic rings. The molecule has 0 bridgehead atoms. The number of rotatable bonds is 6. The maximum Gasteiger partial charge on any atom is 0.278 e. The molecule has 8 nitrogen and oxygen atoms in total. The Bertz CT molecular complexity index is 1170. The highest BCUT2D eigenvalue weighted by atomic mass is 79.9. The quantitative estimate of drug-likeness (QED) is 0.457. The summed E-state index contributed by atoms with van der Waals surface area (Å²) in [5, 5.41) is 13.7. The van der Waals surface area contributed by atoms with E-state index in [0.717, 1.165) is 21.8 Å². The molecule has 1 aromatic heterocycles. The number of benzene rings is 2. The van der Waals surface area contributed by atoms with E-state index in [2.05, 4.69) is 41.7 Å². The molecule has 3 rings (SSSR count). The minimum Gasteiger partial charge on any atom is -0.326 e. The predicted octanol–water partition coefficient (Wildman–Crippen LogP) is 3.59. The maximum absolute atomic E-state index is 12.6. The molecule has 0 atom stereocenters. The van der Waals surface area contributed by atoms with Gasteiger partial charge < -0.3 is 10.6 Å². The van der Waals surface area contributed by atoms with Gasteiger partial charge in [0.2, 0.25) is 11.8 Å². The van der Waals surface area contributed by atoms with E-state index in [4.69, 9.17) is 0 Å². The smallest absolute Gasteiger partial charge is 0.278 e. The number of hydrogen-bond acceptors (Lipinski definition) is 6. The van der Waals surface area contributed by atoms with E-state index in [9.17, 15) is 14.4 Å². The van der Waals surface area contributed by atoms with E-state index in [1.54, 1.807) is 24.3 Å². The fourth-order valence-corrected chi connectivity index (χ4v) is 3.62. The molecule has 0 radical (unpaired) electrons. The van der Waals surface area contributed by atoms with Crippen LogP contribution in [0.15, 0.2) is 56.9 Å². The van der Waals surface area contributed by atoms with Crippen molar-refractivity contribution in [2.24, 2.45) is 0 Å². The van der Waals surface area contributed by atoms with Crippen molar-refractivity contribution >= 4 is 50.9 Å². The SMILES string of the molecule is CC(=O)Nc1ccc(C)cc1-c1nnc(SCC(=O)Nc2cccc(Br)c2)[nH]c1=O. The number of aromatic amines is 1. The van der Waals surface area contributed by atoms with Crippen molar-refractivity contribution in [3.8, 4) is 11.3 Å². The molecule has 0 saturated carbocycles. The van der Waals surface area contributed by atoms with Gasteiger partial charge in [0.15, 0.2) is 10.9 Å². The molecule has 10 heteroatoms. The van der Waals surface area contributed by atoms with Crippen LogP contribution >= 0.6 is 27.7 Å². The van der Waals surface area contributed by atoms with Crippen molar-refractivity contribution in [1.29, 1.82) is 0 Å². The molecule has 0 unspecified atom stereocenters. The lowest BCUT2D eigenvalue weighted by atomic mass is 10.1. The second-order valence-corrected chi connectivity index (χ2v) is 8.27. The lowest BCUT2D eigenvalue weighted by Gasteiger charge is -2.10. The van der Waals surface area contributed by atoms with Crippen LogP contribution in [0.4, 0.5) is 11.4 Å². The van der Waals surface area contributed by atoms with Crippen LogP contribution in [0.1, 0.15) is 12.5 Å². The monoisotopic (exact) mass is 487 g/mol. The third-order valence-electron chi connectivity index (χ3n) is 3.87. The van der Waals surface area contributed by atoms with E-state index < -0.39 is 5.56 Å². The number of thioether (sulfide) groups is 1. The fourth-order valence-electron chi connectivity index (χ4n) is 2.61.